The van der Waals surface area contributed by atoms with Gasteiger partial charge in [-0.1, -0.05) is 17.7 Å². The number of methoxy groups -OCH3 is 1. The number of ether oxygens (including phenoxy) is 2. The molecule has 3 heterocycles. The fourth-order valence-electron chi connectivity index (χ4n) is 4.20. The Bertz CT molecular complexity index is 1450. The number of benzene rings is 2. The van der Waals surface area contributed by atoms with Crippen molar-refractivity contribution in [3.63, 3.8) is 0 Å². The molecule has 0 unspecified atom stereocenters. The number of carbonyl (C=O) groups is 1. The average molecular weight is 556 g/mol. The number of anilines is 4. The van der Waals surface area contributed by atoms with Crippen LogP contribution in [0.25, 0.3) is 11.0 Å². The molecule has 4 aromatic rings. The summed E-state index contributed by atoms with van der Waals surface area (Å²) in [5, 5.41) is 6.90. The Morgan fingerprint density at radius 1 is 1.13 bits per heavy atom. The summed E-state index contributed by atoms with van der Waals surface area (Å²) in [4.78, 5) is 28.6. The van der Waals surface area contributed by atoms with E-state index in [2.05, 4.69) is 48.5 Å². The van der Waals surface area contributed by atoms with Crippen LogP contribution in [0, 0.1) is 0 Å². The standard InChI is InChI=1S/C26H27Cl2N7O3/c1-34-8-10-35(11-9-34)17-6-7-20(21(13-17)37-2)31-26-32-24-23(19(28)15-29-24)25(33-26)38-18-5-3-4-16(12-18)30-22(36)14-27/h3-7,12-13,15H,8-11,14H2,1-2H3,(H,30,36)(H2,29,31,32,33). The number of hydrogen-bond acceptors (Lipinski definition) is 8. The third-order valence-electron chi connectivity index (χ3n) is 6.20. The second-order valence-corrected chi connectivity index (χ2v) is 9.50. The minimum absolute atomic E-state index is 0.147. The van der Waals surface area contributed by atoms with Crippen LogP contribution in [0.1, 0.15) is 0 Å². The second kappa shape index (κ2) is 11.3. The molecule has 38 heavy (non-hydrogen) atoms. The van der Waals surface area contributed by atoms with Gasteiger partial charge in [0.2, 0.25) is 17.7 Å². The predicted octanol–water partition coefficient (Wildman–Crippen LogP) is 5.08. The van der Waals surface area contributed by atoms with E-state index in [4.69, 9.17) is 32.7 Å². The van der Waals surface area contributed by atoms with E-state index in [1.807, 2.05) is 12.1 Å². The number of amides is 1. The van der Waals surface area contributed by atoms with Crippen LogP contribution < -0.4 is 25.0 Å². The van der Waals surface area contributed by atoms with Crippen LogP contribution in [-0.2, 0) is 4.79 Å². The van der Waals surface area contributed by atoms with Gasteiger partial charge in [-0.15, -0.1) is 11.6 Å². The van der Waals surface area contributed by atoms with Crippen LogP contribution in [0.15, 0.2) is 48.7 Å². The SMILES string of the molecule is COc1cc(N2CCN(C)CC2)ccc1Nc1nc(Oc2cccc(NC(=O)CCl)c2)c2c(Cl)c[nH]c2n1. The number of alkyl halides is 1. The van der Waals surface area contributed by atoms with Crippen molar-refractivity contribution in [2.24, 2.45) is 0 Å². The van der Waals surface area contributed by atoms with Gasteiger partial charge < -0.3 is 34.9 Å². The van der Waals surface area contributed by atoms with E-state index in [-0.39, 0.29) is 17.7 Å². The lowest BCUT2D eigenvalue weighted by Crippen LogP contribution is -2.44. The Kier molecular flexibility index (Phi) is 7.73. The summed E-state index contributed by atoms with van der Waals surface area (Å²) in [7, 11) is 3.76. The van der Waals surface area contributed by atoms with Gasteiger partial charge in [0.1, 0.15) is 28.4 Å². The van der Waals surface area contributed by atoms with Crippen LogP contribution in [0.5, 0.6) is 17.4 Å². The van der Waals surface area contributed by atoms with Gasteiger partial charge in [-0.2, -0.15) is 9.97 Å². The predicted molar refractivity (Wildman–Crippen MR) is 151 cm³/mol. The number of nitrogens with zero attached hydrogens (tertiary/aromatic N) is 4. The smallest absolute Gasteiger partial charge is 0.239 e. The lowest BCUT2D eigenvalue weighted by molar-refractivity contribution is -0.113. The first kappa shape index (κ1) is 25.9. The van der Waals surface area contributed by atoms with E-state index in [0.29, 0.717) is 44.9 Å². The third kappa shape index (κ3) is 5.72. The van der Waals surface area contributed by atoms with Gasteiger partial charge in [0.05, 0.1) is 17.8 Å². The number of halogens is 2. The summed E-state index contributed by atoms with van der Waals surface area (Å²) in [6, 6.07) is 12.9. The number of carbonyl (C=O) groups excluding carboxylic acids is 1. The Morgan fingerprint density at radius 2 is 1.95 bits per heavy atom. The number of nitrogens with one attached hydrogen (secondary N) is 3. The molecule has 12 heteroatoms. The Morgan fingerprint density at radius 3 is 2.71 bits per heavy atom. The Labute approximate surface area is 229 Å². The highest BCUT2D eigenvalue weighted by Gasteiger charge is 2.19. The minimum atomic E-state index is -0.319. The molecular formula is C26H27Cl2N7O3. The quantitative estimate of drug-likeness (QED) is 0.258. The number of hydrogen-bond donors (Lipinski definition) is 3. The van der Waals surface area contributed by atoms with Crippen molar-refractivity contribution in [2.75, 3.05) is 61.7 Å². The lowest BCUT2D eigenvalue weighted by Gasteiger charge is -2.34. The number of aromatic nitrogens is 3. The fourth-order valence-corrected chi connectivity index (χ4v) is 4.49. The number of H-pyrrole nitrogens is 1. The Balaban J connectivity index is 1.42. The van der Waals surface area contributed by atoms with Crippen molar-refractivity contribution < 1.29 is 14.3 Å². The molecule has 0 spiro atoms. The van der Waals surface area contributed by atoms with Crippen molar-refractivity contribution in [3.8, 4) is 17.4 Å². The van der Waals surface area contributed by atoms with Gasteiger partial charge >= 0.3 is 0 Å². The fraction of sp³-hybridized carbons (Fsp3) is 0.269. The zero-order valence-corrected chi connectivity index (χ0v) is 22.4. The molecule has 10 nitrogen and oxygen atoms in total. The van der Waals surface area contributed by atoms with E-state index in [1.165, 1.54) is 0 Å². The molecule has 1 amide bonds. The number of likely N-dealkylation sites (N-methyl/N-ethyl adjacent to an activating group) is 1. The van der Waals surface area contributed by atoms with Crippen molar-refractivity contribution >= 4 is 63.2 Å². The number of rotatable bonds is 8. The van der Waals surface area contributed by atoms with Crippen molar-refractivity contribution in [3.05, 3.63) is 53.7 Å². The van der Waals surface area contributed by atoms with Gasteiger partial charge in [-0.3, -0.25) is 4.79 Å². The molecule has 0 saturated carbocycles. The second-order valence-electron chi connectivity index (χ2n) is 8.82. The Hall–Kier alpha value is -3.73. The van der Waals surface area contributed by atoms with Gasteiger partial charge in [0.15, 0.2) is 0 Å². The molecular weight excluding hydrogens is 529 g/mol. The summed E-state index contributed by atoms with van der Waals surface area (Å²) in [6.07, 6.45) is 1.63. The number of aromatic amines is 1. The molecule has 0 aliphatic carbocycles. The van der Waals surface area contributed by atoms with Gasteiger partial charge in [0.25, 0.3) is 0 Å². The van der Waals surface area contributed by atoms with Crippen LogP contribution in [0.3, 0.4) is 0 Å². The zero-order chi connectivity index (χ0) is 26.6. The van der Waals surface area contributed by atoms with Crippen LogP contribution >= 0.6 is 23.2 Å². The van der Waals surface area contributed by atoms with Gasteiger partial charge in [-0.25, -0.2) is 0 Å². The number of piperazine rings is 1. The monoisotopic (exact) mass is 555 g/mol. The molecule has 2 aromatic carbocycles. The van der Waals surface area contributed by atoms with E-state index in [9.17, 15) is 4.79 Å². The molecule has 5 rings (SSSR count). The summed E-state index contributed by atoms with van der Waals surface area (Å²) in [5.74, 6) is 1.20. The normalized spacial score (nSPS) is 13.9. The van der Waals surface area contributed by atoms with Crippen molar-refractivity contribution in [1.29, 1.82) is 0 Å². The molecule has 0 atom stereocenters. The van der Waals surface area contributed by atoms with Crippen LogP contribution in [-0.4, -0.2) is 72.0 Å². The van der Waals surface area contributed by atoms with E-state index in [1.54, 1.807) is 37.6 Å². The molecule has 0 radical (unpaired) electrons. The van der Waals surface area contributed by atoms with Crippen LogP contribution in [0.4, 0.5) is 23.0 Å². The largest absolute Gasteiger partial charge is 0.494 e. The first-order valence-electron chi connectivity index (χ1n) is 12.0. The van der Waals surface area contributed by atoms with E-state index in [0.717, 1.165) is 31.9 Å². The molecule has 1 aliphatic heterocycles. The summed E-state index contributed by atoms with van der Waals surface area (Å²) >= 11 is 12.0. The highest BCUT2D eigenvalue weighted by Crippen LogP contribution is 2.36. The van der Waals surface area contributed by atoms with Gasteiger partial charge in [0, 0.05) is 55.9 Å². The molecule has 2 aromatic heterocycles. The minimum Gasteiger partial charge on any atom is -0.494 e. The molecule has 1 fully saturated rings. The van der Waals surface area contributed by atoms with Crippen LogP contribution in [0.2, 0.25) is 5.02 Å². The molecule has 0 bridgehead atoms. The molecule has 1 saturated heterocycles. The highest BCUT2D eigenvalue weighted by molar-refractivity contribution is 6.35. The highest BCUT2D eigenvalue weighted by atomic mass is 35.5. The summed E-state index contributed by atoms with van der Waals surface area (Å²) in [6.45, 7) is 3.94. The topological polar surface area (TPSA) is 108 Å². The first-order chi connectivity index (χ1) is 18.4. The average Bonchev–Trinajstić information content (AvgIpc) is 3.30. The van der Waals surface area contributed by atoms with Crippen molar-refractivity contribution in [1.82, 2.24) is 19.9 Å². The zero-order valence-electron chi connectivity index (χ0n) is 20.9. The van der Waals surface area contributed by atoms with Crippen molar-refractivity contribution in [2.45, 2.75) is 0 Å². The maximum Gasteiger partial charge on any atom is 0.239 e. The summed E-state index contributed by atoms with van der Waals surface area (Å²) < 4.78 is 11.8. The lowest BCUT2D eigenvalue weighted by atomic mass is 10.2. The number of fused-ring (bicyclic) bond motifs is 1. The maximum absolute atomic E-state index is 11.7. The third-order valence-corrected chi connectivity index (χ3v) is 6.74. The molecule has 1 aliphatic rings. The van der Waals surface area contributed by atoms with E-state index >= 15 is 0 Å². The van der Waals surface area contributed by atoms with Gasteiger partial charge in [-0.05, 0) is 31.3 Å². The molecule has 3 N–H and O–H groups in total. The first-order valence-corrected chi connectivity index (χ1v) is 12.9. The summed E-state index contributed by atoms with van der Waals surface area (Å²) in [5.41, 5.74) is 2.85. The van der Waals surface area contributed by atoms with E-state index < -0.39 is 0 Å². The molecule has 198 valence electrons. The maximum atomic E-state index is 11.7.